The van der Waals surface area contributed by atoms with Gasteiger partial charge >= 0.3 is 0 Å². The Morgan fingerprint density at radius 2 is 1.68 bits per heavy atom. The zero-order valence-corrected chi connectivity index (χ0v) is 12.3. The molecule has 3 heteroatoms. The van der Waals surface area contributed by atoms with Crippen molar-refractivity contribution in [1.29, 1.82) is 0 Å². The molecule has 3 nitrogen and oxygen atoms in total. The Balaban J connectivity index is 2.48. The lowest BCUT2D eigenvalue weighted by Gasteiger charge is -2.20. The summed E-state index contributed by atoms with van der Waals surface area (Å²) in [5.74, 6) is 0.647. The molecule has 1 N–H and O–H groups in total. The summed E-state index contributed by atoms with van der Waals surface area (Å²) in [5, 5.41) is 2.93. The number of hydrogen-bond acceptors (Lipinski definition) is 3. The summed E-state index contributed by atoms with van der Waals surface area (Å²) in [5.41, 5.74) is 4.98. The van der Waals surface area contributed by atoms with Gasteiger partial charge in [0.05, 0.1) is 0 Å². The lowest BCUT2D eigenvalue weighted by molar-refractivity contribution is 0.590. The molecule has 100 valence electrons. The van der Waals surface area contributed by atoms with Gasteiger partial charge in [0, 0.05) is 25.0 Å². The molecule has 1 aromatic heterocycles. The molecule has 2 rings (SSSR count). The molecule has 0 unspecified atom stereocenters. The van der Waals surface area contributed by atoms with E-state index >= 15 is 0 Å². The Morgan fingerprint density at radius 1 is 1.05 bits per heavy atom. The van der Waals surface area contributed by atoms with E-state index in [0.717, 1.165) is 5.56 Å². The summed E-state index contributed by atoms with van der Waals surface area (Å²) in [6.07, 6.45) is 3.74. The maximum atomic E-state index is 4.28. The molecule has 0 saturated heterocycles. The highest BCUT2D eigenvalue weighted by Gasteiger charge is 2.15. The highest BCUT2D eigenvalue weighted by molar-refractivity contribution is 5.67. The molecular formula is C16H21N3. The van der Waals surface area contributed by atoms with Gasteiger partial charge in [-0.2, -0.15) is 0 Å². The largest absolute Gasteiger partial charge is 0.357 e. The van der Waals surface area contributed by atoms with Crippen molar-refractivity contribution >= 4 is 5.95 Å². The SMILES string of the molecule is CNc1ncc(-c2cc(C(C)(C)C)ccc2C)cn1. The van der Waals surface area contributed by atoms with Crippen LogP contribution in [0.5, 0.6) is 0 Å². The van der Waals surface area contributed by atoms with E-state index in [4.69, 9.17) is 0 Å². The molecule has 0 bridgehead atoms. The quantitative estimate of drug-likeness (QED) is 0.887. The average molecular weight is 255 g/mol. The van der Waals surface area contributed by atoms with Crippen molar-refractivity contribution in [2.45, 2.75) is 33.1 Å². The van der Waals surface area contributed by atoms with E-state index in [1.54, 1.807) is 0 Å². The molecule has 0 aliphatic heterocycles. The van der Waals surface area contributed by atoms with Gasteiger partial charge in [0.25, 0.3) is 0 Å². The van der Waals surface area contributed by atoms with Crippen LogP contribution >= 0.6 is 0 Å². The highest BCUT2D eigenvalue weighted by atomic mass is 15.1. The predicted molar refractivity (Wildman–Crippen MR) is 80.5 cm³/mol. The summed E-state index contributed by atoms with van der Waals surface area (Å²) >= 11 is 0. The number of rotatable bonds is 2. The first kappa shape index (κ1) is 13.5. The van der Waals surface area contributed by atoms with Gasteiger partial charge in [-0.15, -0.1) is 0 Å². The van der Waals surface area contributed by atoms with Crippen LogP contribution in [-0.2, 0) is 5.41 Å². The molecular weight excluding hydrogens is 234 g/mol. The molecule has 0 amide bonds. The van der Waals surface area contributed by atoms with Crippen molar-refractivity contribution in [2.24, 2.45) is 0 Å². The maximum absolute atomic E-state index is 4.28. The van der Waals surface area contributed by atoms with E-state index in [9.17, 15) is 0 Å². The predicted octanol–water partition coefficient (Wildman–Crippen LogP) is 3.79. The molecule has 0 aliphatic rings. The van der Waals surface area contributed by atoms with Crippen molar-refractivity contribution in [1.82, 2.24) is 9.97 Å². The molecule has 0 radical (unpaired) electrons. The van der Waals surface area contributed by atoms with Crippen LogP contribution in [0.15, 0.2) is 30.6 Å². The van der Waals surface area contributed by atoms with Gasteiger partial charge in [0.15, 0.2) is 0 Å². The first-order valence-corrected chi connectivity index (χ1v) is 6.53. The highest BCUT2D eigenvalue weighted by Crippen LogP contribution is 2.29. The summed E-state index contributed by atoms with van der Waals surface area (Å²) < 4.78 is 0. The Labute approximate surface area is 115 Å². The van der Waals surface area contributed by atoms with Crippen molar-refractivity contribution < 1.29 is 0 Å². The van der Waals surface area contributed by atoms with Crippen LogP contribution in [0, 0.1) is 6.92 Å². The van der Waals surface area contributed by atoms with Gasteiger partial charge < -0.3 is 5.32 Å². The van der Waals surface area contributed by atoms with Gasteiger partial charge in [-0.05, 0) is 29.0 Å². The zero-order valence-electron chi connectivity index (χ0n) is 12.3. The summed E-state index contributed by atoms with van der Waals surface area (Å²) in [6.45, 7) is 8.79. The topological polar surface area (TPSA) is 37.8 Å². The number of aromatic nitrogens is 2. The van der Waals surface area contributed by atoms with E-state index < -0.39 is 0 Å². The number of aryl methyl sites for hydroxylation is 1. The molecule has 0 saturated carbocycles. The fourth-order valence-electron chi connectivity index (χ4n) is 2.00. The fourth-order valence-corrected chi connectivity index (χ4v) is 2.00. The number of hydrogen-bond donors (Lipinski definition) is 1. The molecule has 0 spiro atoms. The minimum absolute atomic E-state index is 0.147. The third-order valence-corrected chi connectivity index (χ3v) is 3.29. The molecule has 2 aromatic rings. The normalized spacial score (nSPS) is 11.4. The lowest BCUT2D eigenvalue weighted by Crippen LogP contribution is -2.11. The van der Waals surface area contributed by atoms with Crippen LogP contribution in [0.1, 0.15) is 31.9 Å². The van der Waals surface area contributed by atoms with Crippen LogP contribution in [-0.4, -0.2) is 17.0 Å². The van der Waals surface area contributed by atoms with Crippen LogP contribution in [0.2, 0.25) is 0 Å². The van der Waals surface area contributed by atoms with Gasteiger partial charge in [-0.3, -0.25) is 0 Å². The summed E-state index contributed by atoms with van der Waals surface area (Å²) in [4.78, 5) is 8.57. The Hall–Kier alpha value is -1.90. The molecule has 1 heterocycles. The lowest BCUT2D eigenvalue weighted by atomic mass is 9.84. The Morgan fingerprint density at radius 3 is 2.21 bits per heavy atom. The second-order valence-electron chi connectivity index (χ2n) is 5.83. The molecule has 0 aliphatic carbocycles. The van der Waals surface area contributed by atoms with Gasteiger partial charge in [-0.25, -0.2) is 9.97 Å². The third-order valence-electron chi connectivity index (χ3n) is 3.29. The smallest absolute Gasteiger partial charge is 0.222 e. The van der Waals surface area contributed by atoms with Gasteiger partial charge in [-0.1, -0.05) is 39.0 Å². The maximum Gasteiger partial charge on any atom is 0.222 e. The van der Waals surface area contributed by atoms with Crippen LogP contribution in [0.4, 0.5) is 5.95 Å². The van der Waals surface area contributed by atoms with Crippen molar-refractivity contribution in [3.63, 3.8) is 0 Å². The minimum Gasteiger partial charge on any atom is -0.357 e. The van der Waals surface area contributed by atoms with E-state index in [-0.39, 0.29) is 5.41 Å². The van der Waals surface area contributed by atoms with Crippen LogP contribution in [0.3, 0.4) is 0 Å². The zero-order chi connectivity index (χ0) is 14.0. The van der Waals surface area contributed by atoms with E-state index in [1.807, 2.05) is 19.4 Å². The van der Waals surface area contributed by atoms with Crippen molar-refractivity contribution in [3.05, 3.63) is 41.7 Å². The minimum atomic E-state index is 0.147. The molecule has 1 aromatic carbocycles. The van der Waals surface area contributed by atoms with Crippen LogP contribution in [0.25, 0.3) is 11.1 Å². The summed E-state index contributed by atoms with van der Waals surface area (Å²) in [6, 6.07) is 6.61. The van der Waals surface area contributed by atoms with Crippen molar-refractivity contribution in [2.75, 3.05) is 12.4 Å². The number of anilines is 1. The fraction of sp³-hybridized carbons (Fsp3) is 0.375. The first-order valence-electron chi connectivity index (χ1n) is 6.53. The van der Waals surface area contributed by atoms with Crippen LogP contribution < -0.4 is 5.32 Å². The molecule has 0 atom stereocenters. The van der Waals surface area contributed by atoms with Gasteiger partial charge in [0.2, 0.25) is 5.95 Å². The Kier molecular flexibility index (Phi) is 3.56. The number of benzene rings is 1. The Bertz CT molecular complexity index is 566. The monoisotopic (exact) mass is 255 g/mol. The molecule has 0 fully saturated rings. The standard InChI is InChI=1S/C16H21N3/c1-11-6-7-13(16(2,3)4)8-14(11)12-9-18-15(17-5)19-10-12/h6-10H,1-5H3,(H,17,18,19). The van der Waals surface area contributed by atoms with E-state index in [0.29, 0.717) is 5.95 Å². The second-order valence-corrected chi connectivity index (χ2v) is 5.83. The van der Waals surface area contributed by atoms with Crippen molar-refractivity contribution in [3.8, 4) is 11.1 Å². The summed E-state index contributed by atoms with van der Waals surface area (Å²) in [7, 11) is 1.82. The number of nitrogens with one attached hydrogen (secondary N) is 1. The molecule has 19 heavy (non-hydrogen) atoms. The second kappa shape index (κ2) is 5.00. The third kappa shape index (κ3) is 2.92. The van der Waals surface area contributed by atoms with E-state index in [1.165, 1.54) is 16.7 Å². The van der Waals surface area contributed by atoms with Gasteiger partial charge in [0.1, 0.15) is 0 Å². The first-order chi connectivity index (χ1) is 8.91. The number of nitrogens with zero attached hydrogens (tertiary/aromatic N) is 2. The van der Waals surface area contributed by atoms with E-state index in [2.05, 4.69) is 61.2 Å². The average Bonchev–Trinajstić information content (AvgIpc) is 2.38.